The Morgan fingerprint density at radius 3 is 1.73 bits per heavy atom. The first-order valence-corrected chi connectivity index (χ1v) is 3.79. The summed E-state index contributed by atoms with van der Waals surface area (Å²) >= 11 is 0. The molecule has 0 aromatic heterocycles. The molecule has 1 saturated heterocycles. The van der Waals surface area contributed by atoms with E-state index in [9.17, 15) is 4.79 Å². The maximum absolute atomic E-state index is 10.8. The lowest BCUT2D eigenvalue weighted by Crippen LogP contribution is -2.76. The fourth-order valence-corrected chi connectivity index (χ4v) is 2.42. The van der Waals surface area contributed by atoms with E-state index in [-0.39, 0.29) is 17.0 Å². The van der Waals surface area contributed by atoms with Gasteiger partial charge in [0.05, 0.1) is 5.92 Å². The molecule has 0 bridgehead atoms. The average molecular weight is 157 g/mol. The van der Waals surface area contributed by atoms with Gasteiger partial charge in [0.15, 0.2) is 0 Å². The van der Waals surface area contributed by atoms with Gasteiger partial charge in [-0.15, -0.1) is 0 Å². The van der Waals surface area contributed by atoms with Gasteiger partial charge in [-0.25, -0.2) is 0 Å². The zero-order chi connectivity index (χ0) is 8.86. The van der Waals surface area contributed by atoms with Crippen molar-refractivity contribution in [1.29, 1.82) is 0 Å². The summed E-state index contributed by atoms with van der Waals surface area (Å²) in [6.07, 6.45) is 0. The van der Waals surface area contributed by atoms with Crippen LogP contribution in [0.2, 0.25) is 0 Å². The first kappa shape index (κ1) is 8.53. The van der Waals surface area contributed by atoms with Gasteiger partial charge in [-0.2, -0.15) is 0 Å². The molecule has 3 nitrogen and oxygen atoms in total. The van der Waals surface area contributed by atoms with Crippen molar-refractivity contribution in [1.82, 2.24) is 5.32 Å². The molecule has 1 heterocycles. The van der Waals surface area contributed by atoms with Gasteiger partial charge < -0.3 is 10.4 Å². The van der Waals surface area contributed by atoms with Crippen molar-refractivity contribution >= 4 is 5.97 Å². The quantitative estimate of drug-likeness (QED) is 0.593. The number of nitrogens with one attached hydrogen (secondary N) is 1. The Morgan fingerprint density at radius 1 is 1.27 bits per heavy atom. The molecule has 1 aliphatic rings. The van der Waals surface area contributed by atoms with Crippen LogP contribution in [0.1, 0.15) is 27.7 Å². The molecule has 3 heteroatoms. The molecule has 1 aliphatic heterocycles. The summed E-state index contributed by atoms with van der Waals surface area (Å²) in [6, 6.07) is 0. The van der Waals surface area contributed by atoms with Crippen LogP contribution in [0.4, 0.5) is 0 Å². The zero-order valence-electron chi connectivity index (χ0n) is 7.43. The third-order valence-corrected chi connectivity index (χ3v) is 2.33. The summed E-state index contributed by atoms with van der Waals surface area (Å²) in [4.78, 5) is 10.8. The second-order valence-electron chi connectivity index (χ2n) is 4.34. The highest BCUT2D eigenvalue weighted by molar-refractivity contribution is 5.75. The van der Waals surface area contributed by atoms with Crippen LogP contribution >= 0.6 is 0 Å². The van der Waals surface area contributed by atoms with E-state index in [1.165, 1.54) is 0 Å². The van der Waals surface area contributed by atoms with E-state index in [1.807, 2.05) is 27.7 Å². The normalized spacial score (nSPS) is 27.6. The molecule has 0 aromatic rings. The highest BCUT2D eigenvalue weighted by atomic mass is 16.4. The molecule has 11 heavy (non-hydrogen) atoms. The highest BCUT2D eigenvalue weighted by Gasteiger charge is 2.56. The van der Waals surface area contributed by atoms with Gasteiger partial charge in [0.1, 0.15) is 0 Å². The van der Waals surface area contributed by atoms with E-state index in [0.29, 0.717) is 0 Å². The number of rotatable bonds is 1. The fraction of sp³-hybridized carbons (Fsp3) is 0.875. The van der Waals surface area contributed by atoms with Crippen LogP contribution in [-0.2, 0) is 4.79 Å². The predicted molar refractivity (Wildman–Crippen MR) is 42.4 cm³/mol. The van der Waals surface area contributed by atoms with Crippen molar-refractivity contribution in [3.8, 4) is 0 Å². The summed E-state index contributed by atoms with van der Waals surface area (Å²) < 4.78 is 0. The van der Waals surface area contributed by atoms with Gasteiger partial charge in [0.25, 0.3) is 0 Å². The topological polar surface area (TPSA) is 49.3 Å². The third kappa shape index (κ3) is 1.13. The lowest BCUT2D eigenvalue weighted by molar-refractivity contribution is -0.157. The van der Waals surface area contributed by atoms with Crippen molar-refractivity contribution in [2.24, 2.45) is 5.92 Å². The third-order valence-electron chi connectivity index (χ3n) is 2.33. The Morgan fingerprint density at radius 2 is 1.64 bits per heavy atom. The van der Waals surface area contributed by atoms with Crippen LogP contribution in [0.3, 0.4) is 0 Å². The standard InChI is InChI=1S/C8H15NO2/c1-7(2)5(6(10)11)8(3,4)9-7/h5,9H,1-4H3,(H,10,11). The smallest absolute Gasteiger partial charge is 0.310 e. The molecule has 64 valence electrons. The molecular weight excluding hydrogens is 142 g/mol. The molecule has 0 aromatic carbocycles. The van der Waals surface area contributed by atoms with E-state index in [0.717, 1.165) is 0 Å². The number of carboxylic acid groups (broad SMARTS) is 1. The molecule has 0 spiro atoms. The van der Waals surface area contributed by atoms with Crippen molar-refractivity contribution < 1.29 is 9.90 Å². The van der Waals surface area contributed by atoms with Crippen LogP contribution < -0.4 is 5.32 Å². The average Bonchev–Trinajstić information content (AvgIpc) is 1.53. The molecule has 0 radical (unpaired) electrons. The molecule has 2 N–H and O–H groups in total. The number of carboxylic acids is 1. The second-order valence-corrected chi connectivity index (χ2v) is 4.34. The minimum Gasteiger partial charge on any atom is -0.481 e. The summed E-state index contributed by atoms with van der Waals surface area (Å²) in [5, 5.41) is 12.1. The minimum atomic E-state index is -0.709. The van der Waals surface area contributed by atoms with Crippen molar-refractivity contribution in [3.63, 3.8) is 0 Å². The Balaban J connectivity index is 2.81. The predicted octanol–water partition coefficient (Wildman–Crippen LogP) is 0.848. The molecule has 0 unspecified atom stereocenters. The van der Waals surface area contributed by atoms with Crippen LogP contribution in [-0.4, -0.2) is 22.2 Å². The van der Waals surface area contributed by atoms with Crippen molar-refractivity contribution in [2.75, 3.05) is 0 Å². The Labute approximate surface area is 66.8 Å². The highest BCUT2D eigenvalue weighted by Crippen LogP contribution is 2.39. The lowest BCUT2D eigenvalue weighted by atomic mass is 9.65. The molecular formula is C8H15NO2. The SMILES string of the molecule is CC1(C)NC(C)(C)C1C(=O)O. The van der Waals surface area contributed by atoms with Gasteiger partial charge in [-0.3, -0.25) is 4.79 Å². The summed E-state index contributed by atoms with van der Waals surface area (Å²) in [5.41, 5.74) is -0.509. The van der Waals surface area contributed by atoms with E-state index >= 15 is 0 Å². The molecule has 0 amide bonds. The lowest BCUT2D eigenvalue weighted by Gasteiger charge is -2.56. The Hall–Kier alpha value is -0.570. The second kappa shape index (κ2) is 1.97. The number of aliphatic carboxylic acids is 1. The number of hydrogen-bond donors (Lipinski definition) is 2. The van der Waals surface area contributed by atoms with Gasteiger partial charge in [0.2, 0.25) is 0 Å². The van der Waals surface area contributed by atoms with E-state index in [1.54, 1.807) is 0 Å². The summed E-state index contributed by atoms with van der Waals surface area (Å²) in [6.45, 7) is 7.65. The van der Waals surface area contributed by atoms with E-state index in [2.05, 4.69) is 5.32 Å². The maximum Gasteiger partial charge on any atom is 0.310 e. The molecule has 0 atom stereocenters. The monoisotopic (exact) mass is 157 g/mol. The number of hydrogen-bond acceptors (Lipinski definition) is 2. The first-order valence-electron chi connectivity index (χ1n) is 3.79. The van der Waals surface area contributed by atoms with Gasteiger partial charge in [-0.1, -0.05) is 0 Å². The Kier molecular flexibility index (Phi) is 1.53. The number of carbonyl (C=O) groups is 1. The van der Waals surface area contributed by atoms with Crippen LogP contribution in [0.25, 0.3) is 0 Å². The minimum absolute atomic E-state index is 0.255. The fourth-order valence-electron chi connectivity index (χ4n) is 2.42. The summed E-state index contributed by atoms with van der Waals surface area (Å²) in [7, 11) is 0. The van der Waals surface area contributed by atoms with Gasteiger partial charge >= 0.3 is 5.97 Å². The van der Waals surface area contributed by atoms with E-state index in [4.69, 9.17) is 5.11 Å². The largest absolute Gasteiger partial charge is 0.481 e. The molecule has 1 rings (SSSR count). The first-order chi connectivity index (χ1) is 4.77. The molecule has 0 aliphatic carbocycles. The van der Waals surface area contributed by atoms with Crippen LogP contribution in [0.5, 0.6) is 0 Å². The maximum atomic E-state index is 10.8. The van der Waals surface area contributed by atoms with Crippen LogP contribution in [0.15, 0.2) is 0 Å². The summed E-state index contributed by atoms with van der Waals surface area (Å²) in [5.74, 6) is -0.992. The van der Waals surface area contributed by atoms with E-state index < -0.39 is 5.97 Å². The van der Waals surface area contributed by atoms with Gasteiger partial charge in [0, 0.05) is 11.1 Å². The van der Waals surface area contributed by atoms with Crippen molar-refractivity contribution in [3.05, 3.63) is 0 Å². The zero-order valence-corrected chi connectivity index (χ0v) is 7.43. The molecule has 1 fully saturated rings. The molecule has 0 saturated carbocycles. The van der Waals surface area contributed by atoms with Gasteiger partial charge in [-0.05, 0) is 27.7 Å². The van der Waals surface area contributed by atoms with Crippen LogP contribution in [0, 0.1) is 5.92 Å². The van der Waals surface area contributed by atoms with Crippen molar-refractivity contribution in [2.45, 2.75) is 38.8 Å². The Bertz CT molecular complexity index is 182.